The molecular formula is C28H49BN2. The topological polar surface area (TPSA) is 24.1 Å². The number of nitrogens with one attached hydrogen (secondary N) is 2. The van der Waals surface area contributed by atoms with Gasteiger partial charge in [0.2, 0.25) is 0 Å². The van der Waals surface area contributed by atoms with E-state index < -0.39 is 0 Å². The van der Waals surface area contributed by atoms with Crippen molar-refractivity contribution in [2.45, 2.75) is 152 Å². The summed E-state index contributed by atoms with van der Waals surface area (Å²) < 4.78 is 0. The first kappa shape index (κ1) is 22.8. The van der Waals surface area contributed by atoms with E-state index in [0.717, 1.165) is 41.8 Å². The molecule has 0 bridgehead atoms. The van der Waals surface area contributed by atoms with E-state index in [1.54, 1.807) is 0 Å². The van der Waals surface area contributed by atoms with Gasteiger partial charge in [0.15, 0.2) is 0 Å². The van der Waals surface area contributed by atoms with Crippen molar-refractivity contribution >= 4 is 7.85 Å². The lowest BCUT2D eigenvalue weighted by atomic mass is 9.67. The van der Waals surface area contributed by atoms with E-state index in [1.165, 1.54) is 122 Å². The van der Waals surface area contributed by atoms with Gasteiger partial charge in [0, 0.05) is 24.2 Å². The first-order valence-corrected chi connectivity index (χ1v) is 14.5. The molecular weight excluding hydrogens is 375 g/mol. The van der Waals surface area contributed by atoms with Gasteiger partial charge < -0.3 is 10.6 Å². The zero-order valence-electron chi connectivity index (χ0n) is 20.2. The van der Waals surface area contributed by atoms with Gasteiger partial charge in [-0.05, 0) is 101 Å². The third-order valence-electron chi connectivity index (χ3n) is 10.4. The lowest BCUT2D eigenvalue weighted by Crippen LogP contribution is -2.49. The Labute approximate surface area is 194 Å². The highest BCUT2D eigenvalue weighted by Crippen LogP contribution is 2.42. The van der Waals surface area contributed by atoms with Crippen LogP contribution in [-0.4, -0.2) is 32.0 Å². The van der Waals surface area contributed by atoms with Crippen LogP contribution in [0, 0.1) is 23.7 Å². The van der Waals surface area contributed by atoms with Crippen LogP contribution in [0.1, 0.15) is 122 Å². The van der Waals surface area contributed by atoms with Crippen LogP contribution >= 0.6 is 0 Å². The Bertz CT molecular complexity index is 535. The van der Waals surface area contributed by atoms with Gasteiger partial charge in [0.1, 0.15) is 0 Å². The summed E-state index contributed by atoms with van der Waals surface area (Å²) in [6.07, 6.45) is 27.3. The molecule has 0 spiro atoms. The molecule has 5 saturated carbocycles. The van der Waals surface area contributed by atoms with E-state index in [2.05, 4.69) is 10.6 Å². The van der Waals surface area contributed by atoms with E-state index in [-0.39, 0.29) is 0 Å². The monoisotopic (exact) mass is 424 g/mol. The maximum Gasteiger partial charge on any atom is 0.0700 e. The predicted molar refractivity (Wildman–Crippen MR) is 133 cm³/mol. The van der Waals surface area contributed by atoms with Crippen LogP contribution in [0.3, 0.4) is 0 Å². The third kappa shape index (κ3) is 5.92. The Morgan fingerprint density at radius 1 is 0.452 bits per heavy atom. The molecule has 2 nitrogen and oxygen atoms in total. The molecule has 0 saturated heterocycles. The summed E-state index contributed by atoms with van der Waals surface area (Å²) in [4.78, 5) is 0. The van der Waals surface area contributed by atoms with Crippen LogP contribution in [0.15, 0.2) is 0 Å². The standard InChI is InChI=1S/C28H49BN2/c29-23-7-4-8-26(19-23)30-24-15-11-20(12-16-24)21-13-17-25(18-14-21)31-28-10-3-6-22-5-1-2-9-27(22)28/h20-28,30-31H,1-19H2. The molecule has 5 unspecified atom stereocenters. The Balaban J connectivity index is 1.02. The molecule has 0 aliphatic heterocycles. The van der Waals surface area contributed by atoms with Crippen molar-refractivity contribution in [1.29, 1.82) is 0 Å². The van der Waals surface area contributed by atoms with E-state index in [4.69, 9.17) is 7.85 Å². The molecule has 2 radical (unpaired) electrons. The molecule has 0 heterocycles. The molecule has 5 rings (SSSR count). The smallest absolute Gasteiger partial charge is 0.0700 e. The van der Waals surface area contributed by atoms with E-state index in [9.17, 15) is 0 Å². The fourth-order valence-corrected chi connectivity index (χ4v) is 8.68. The molecule has 31 heavy (non-hydrogen) atoms. The second-order valence-electron chi connectivity index (χ2n) is 12.4. The zero-order valence-corrected chi connectivity index (χ0v) is 20.2. The summed E-state index contributed by atoms with van der Waals surface area (Å²) in [5.74, 6) is 4.57. The van der Waals surface area contributed by atoms with Crippen molar-refractivity contribution in [3.05, 3.63) is 0 Å². The number of hydrogen-bond acceptors (Lipinski definition) is 2. The first-order chi connectivity index (χ1) is 15.2. The Kier molecular flexibility index (Phi) is 8.03. The molecule has 0 aromatic heterocycles. The van der Waals surface area contributed by atoms with Gasteiger partial charge in [-0.3, -0.25) is 0 Å². The first-order valence-electron chi connectivity index (χ1n) is 14.5. The second-order valence-corrected chi connectivity index (χ2v) is 12.4. The van der Waals surface area contributed by atoms with E-state index in [1.807, 2.05) is 0 Å². The summed E-state index contributed by atoms with van der Waals surface area (Å²) in [6.45, 7) is 0. The van der Waals surface area contributed by atoms with Crippen LogP contribution in [0.5, 0.6) is 0 Å². The Morgan fingerprint density at radius 3 is 1.77 bits per heavy atom. The maximum absolute atomic E-state index is 6.21. The van der Waals surface area contributed by atoms with Crippen molar-refractivity contribution in [1.82, 2.24) is 10.6 Å². The third-order valence-corrected chi connectivity index (χ3v) is 10.4. The van der Waals surface area contributed by atoms with E-state index >= 15 is 0 Å². The van der Waals surface area contributed by atoms with Gasteiger partial charge in [0.05, 0.1) is 7.85 Å². The van der Waals surface area contributed by atoms with Crippen LogP contribution in [0.4, 0.5) is 0 Å². The van der Waals surface area contributed by atoms with Crippen LogP contribution < -0.4 is 10.6 Å². The van der Waals surface area contributed by atoms with Crippen molar-refractivity contribution < 1.29 is 0 Å². The average Bonchev–Trinajstić information content (AvgIpc) is 2.81. The summed E-state index contributed by atoms with van der Waals surface area (Å²) in [7, 11) is 6.21. The molecule has 5 atom stereocenters. The molecule has 5 aliphatic rings. The fraction of sp³-hybridized carbons (Fsp3) is 1.00. The minimum atomic E-state index is 0.448. The molecule has 174 valence electrons. The quantitative estimate of drug-likeness (QED) is 0.490. The summed E-state index contributed by atoms with van der Waals surface area (Å²) >= 11 is 0. The minimum absolute atomic E-state index is 0.448. The van der Waals surface area contributed by atoms with Crippen molar-refractivity contribution in [3.63, 3.8) is 0 Å². The second kappa shape index (κ2) is 10.9. The van der Waals surface area contributed by atoms with Gasteiger partial charge in [-0.2, -0.15) is 0 Å². The molecule has 3 heteroatoms. The van der Waals surface area contributed by atoms with Crippen molar-refractivity contribution in [2.24, 2.45) is 23.7 Å². The van der Waals surface area contributed by atoms with Gasteiger partial charge in [-0.1, -0.05) is 50.8 Å². The van der Waals surface area contributed by atoms with Gasteiger partial charge in [-0.25, -0.2) is 0 Å². The van der Waals surface area contributed by atoms with Crippen LogP contribution in [-0.2, 0) is 0 Å². The molecule has 5 aliphatic carbocycles. The average molecular weight is 425 g/mol. The highest BCUT2D eigenvalue weighted by Gasteiger charge is 2.37. The number of hydrogen-bond donors (Lipinski definition) is 2. The van der Waals surface area contributed by atoms with Crippen molar-refractivity contribution in [3.8, 4) is 0 Å². The Morgan fingerprint density at radius 2 is 1.06 bits per heavy atom. The Hall–Kier alpha value is -0.0151. The van der Waals surface area contributed by atoms with Crippen LogP contribution in [0.2, 0.25) is 5.82 Å². The number of rotatable bonds is 5. The highest BCUT2D eigenvalue weighted by molar-refractivity contribution is 6.11. The predicted octanol–water partition coefficient (Wildman–Crippen LogP) is 6.54. The SMILES string of the molecule is [B]C1CCCC(NC2CCC(C3CCC(NC4CCCC5CCCCC54)CC3)CC2)C1. The van der Waals surface area contributed by atoms with Gasteiger partial charge in [0.25, 0.3) is 0 Å². The molecule has 5 fully saturated rings. The van der Waals surface area contributed by atoms with Crippen molar-refractivity contribution in [2.75, 3.05) is 0 Å². The maximum atomic E-state index is 6.21. The molecule has 2 N–H and O–H groups in total. The lowest BCUT2D eigenvalue weighted by molar-refractivity contribution is 0.102. The normalized spacial score (nSPS) is 46.9. The number of fused-ring (bicyclic) bond motifs is 1. The lowest BCUT2D eigenvalue weighted by Gasteiger charge is -2.45. The molecule has 0 aromatic carbocycles. The summed E-state index contributed by atoms with van der Waals surface area (Å²) in [5.41, 5.74) is 0. The van der Waals surface area contributed by atoms with E-state index in [0.29, 0.717) is 11.9 Å². The summed E-state index contributed by atoms with van der Waals surface area (Å²) in [5, 5.41) is 8.21. The molecule has 0 amide bonds. The molecule has 0 aromatic rings. The largest absolute Gasteiger partial charge is 0.311 e. The fourth-order valence-electron chi connectivity index (χ4n) is 8.68. The van der Waals surface area contributed by atoms with Gasteiger partial charge >= 0.3 is 0 Å². The highest BCUT2D eigenvalue weighted by atomic mass is 15.0. The van der Waals surface area contributed by atoms with Crippen LogP contribution in [0.25, 0.3) is 0 Å². The zero-order chi connectivity index (χ0) is 21.0. The van der Waals surface area contributed by atoms with Gasteiger partial charge in [-0.15, -0.1) is 0 Å². The minimum Gasteiger partial charge on any atom is -0.311 e. The summed E-state index contributed by atoms with van der Waals surface area (Å²) in [6, 6.07) is 3.17.